The lowest BCUT2D eigenvalue weighted by atomic mass is 10.0. The molecule has 2 heterocycles. The summed E-state index contributed by atoms with van der Waals surface area (Å²) < 4.78 is 5.41. The van der Waals surface area contributed by atoms with Gasteiger partial charge in [0.1, 0.15) is 11.6 Å². The van der Waals surface area contributed by atoms with Crippen molar-refractivity contribution >= 4 is 23.4 Å². The van der Waals surface area contributed by atoms with E-state index in [0.717, 1.165) is 35.7 Å². The van der Waals surface area contributed by atoms with Gasteiger partial charge in [-0.2, -0.15) is 0 Å². The van der Waals surface area contributed by atoms with Gasteiger partial charge in [-0.05, 0) is 24.6 Å². The summed E-state index contributed by atoms with van der Waals surface area (Å²) in [4.78, 5) is 27.4. The van der Waals surface area contributed by atoms with Gasteiger partial charge in [0.05, 0.1) is 12.3 Å². The van der Waals surface area contributed by atoms with Gasteiger partial charge in [0.25, 0.3) is 0 Å². The summed E-state index contributed by atoms with van der Waals surface area (Å²) in [6, 6.07) is 7.89. The van der Waals surface area contributed by atoms with Crippen molar-refractivity contribution in [2.24, 2.45) is 0 Å². The molecule has 3 rings (SSSR count). The molecule has 156 valence electrons. The number of hydrogen-bond acceptors (Lipinski definition) is 5. The summed E-state index contributed by atoms with van der Waals surface area (Å²) >= 11 is 6.19. The summed E-state index contributed by atoms with van der Waals surface area (Å²) in [5.74, 6) is 1.63. The van der Waals surface area contributed by atoms with Crippen molar-refractivity contribution in [3.63, 3.8) is 0 Å². The van der Waals surface area contributed by atoms with E-state index in [-0.39, 0.29) is 6.03 Å². The lowest BCUT2D eigenvalue weighted by Gasteiger charge is -2.37. The molecule has 1 aliphatic heterocycles. The summed E-state index contributed by atoms with van der Waals surface area (Å²) in [6.07, 6.45) is 0.672. The molecule has 8 heteroatoms. The molecule has 0 spiro atoms. The predicted octanol–water partition coefficient (Wildman–Crippen LogP) is 2.98. The average Bonchev–Trinajstić information content (AvgIpc) is 2.69. The number of aromatic nitrogens is 2. The normalized spacial score (nSPS) is 14.2. The van der Waals surface area contributed by atoms with Crippen molar-refractivity contribution in [1.82, 2.24) is 19.8 Å². The number of ether oxygens (including phenoxy) is 1. The number of amides is 2. The number of anilines is 1. The molecule has 0 aliphatic carbocycles. The lowest BCUT2D eigenvalue weighted by molar-refractivity contribution is 0.167. The van der Waals surface area contributed by atoms with Crippen molar-refractivity contribution in [2.45, 2.75) is 20.0 Å². The molecule has 1 aliphatic rings. The van der Waals surface area contributed by atoms with E-state index in [9.17, 15) is 4.79 Å². The predicted molar refractivity (Wildman–Crippen MR) is 115 cm³/mol. The number of carbonyl (C=O) groups is 1. The first kappa shape index (κ1) is 21.3. The molecule has 7 nitrogen and oxygen atoms in total. The van der Waals surface area contributed by atoms with E-state index in [1.54, 1.807) is 26.1 Å². The number of piperazine rings is 1. The van der Waals surface area contributed by atoms with Gasteiger partial charge in [0.2, 0.25) is 0 Å². The maximum atomic E-state index is 12.3. The minimum atomic E-state index is 0.0442. The summed E-state index contributed by atoms with van der Waals surface area (Å²) in [7, 11) is 5.23. The summed E-state index contributed by atoms with van der Waals surface area (Å²) in [5.41, 5.74) is 3.04. The van der Waals surface area contributed by atoms with E-state index in [0.29, 0.717) is 37.0 Å². The van der Waals surface area contributed by atoms with Gasteiger partial charge in [0.15, 0.2) is 0 Å². The molecule has 29 heavy (non-hydrogen) atoms. The number of carbonyl (C=O) groups excluding carboxylic acids is 1. The Kier molecular flexibility index (Phi) is 6.92. The standard InChI is InChI=1S/C21H28ClN5O2/c1-15-23-19(14-29-4)18(13-16-6-5-7-17(22)12-16)20(24-15)26-8-10-27(11-9-26)21(28)25(2)3/h5-7,12H,8-11,13-14H2,1-4H3. The van der Waals surface area contributed by atoms with Crippen LogP contribution in [0.25, 0.3) is 0 Å². The second kappa shape index (κ2) is 9.41. The van der Waals surface area contributed by atoms with Crippen molar-refractivity contribution in [2.75, 3.05) is 52.3 Å². The fourth-order valence-electron chi connectivity index (χ4n) is 3.58. The van der Waals surface area contributed by atoms with Crippen LogP contribution in [0.1, 0.15) is 22.6 Å². The Morgan fingerprint density at radius 1 is 1.21 bits per heavy atom. The zero-order valence-corrected chi connectivity index (χ0v) is 18.2. The SMILES string of the molecule is COCc1nc(C)nc(N2CCN(C(=O)N(C)C)CC2)c1Cc1cccc(Cl)c1. The Balaban J connectivity index is 1.90. The summed E-state index contributed by atoms with van der Waals surface area (Å²) in [6.45, 7) is 5.10. The highest BCUT2D eigenvalue weighted by molar-refractivity contribution is 6.30. The highest BCUT2D eigenvalue weighted by atomic mass is 35.5. The minimum Gasteiger partial charge on any atom is -0.378 e. The monoisotopic (exact) mass is 417 g/mol. The number of urea groups is 1. The molecule has 0 radical (unpaired) electrons. The van der Waals surface area contributed by atoms with Gasteiger partial charge in [0, 0.05) is 64.4 Å². The molecule has 0 N–H and O–H groups in total. The van der Waals surface area contributed by atoms with Crippen molar-refractivity contribution in [1.29, 1.82) is 0 Å². The van der Waals surface area contributed by atoms with Crippen molar-refractivity contribution < 1.29 is 9.53 Å². The average molecular weight is 418 g/mol. The van der Waals surface area contributed by atoms with Gasteiger partial charge < -0.3 is 19.4 Å². The minimum absolute atomic E-state index is 0.0442. The van der Waals surface area contributed by atoms with Crippen LogP contribution in [-0.2, 0) is 17.8 Å². The Morgan fingerprint density at radius 3 is 2.55 bits per heavy atom. The third-order valence-corrected chi connectivity index (χ3v) is 5.20. The molecule has 2 aromatic rings. The van der Waals surface area contributed by atoms with Crippen LogP contribution >= 0.6 is 11.6 Å². The molecule has 0 unspecified atom stereocenters. The van der Waals surface area contributed by atoms with Crippen LogP contribution in [0.3, 0.4) is 0 Å². The fourth-order valence-corrected chi connectivity index (χ4v) is 3.79. The molecule has 0 saturated carbocycles. The zero-order valence-electron chi connectivity index (χ0n) is 17.5. The second-order valence-corrected chi connectivity index (χ2v) is 7.85. The van der Waals surface area contributed by atoms with E-state index >= 15 is 0 Å². The van der Waals surface area contributed by atoms with E-state index < -0.39 is 0 Å². The first-order valence-corrected chi connectivity index (χ1v) is 10.1. The number of nitrogens with zero attached hydrogens (tertiary/aromatic N) is 5. The van der Waals surface area contributed by atoms with Crippen molar-refractivity contribution in [3.05, 3.63) is 51.9 Å². The Labute approximate surface area is 177 Å². The van der Waals surface area contributed by atoms with Crippen LogP contribution in [0.2, 0.25) is 5.02 Å². The van der Waals surface area contributed by atoms with Crippen LogP contribution in [0.5, 0.6) is 0 Å². The molecular weight excluding hydrogens is 390 g/mol. The third kappa shape index (κ3) is 5.16. The molecular formula is C21H28ClN5O2. The van der Waals surface area contributed by atoms with Crippen LogP contribution < -0.4 is 4.90 Å². The smallest absolute Gasteiger partial charge is 0.319 e. The highest BCUT2D eigenvalue weighted by Gasteiger charge is 2.26. The number of halogens is 1. The summed E-state index contributed by atoms with van der Waals surface area (Å²) in [5, 5.41) is 0.709. The lowest BCUT2D eigenvalue weighted by Crippen LogP contribution is -2.52. The molecule has 0 atom stereocenters. The molecule has 1 aromatic heterocycles. The van der Waals surface area contributed by atoms with E-state index in [1.807, 2.05) is 30.0 Å². The highest BCUT2D eigenvalue weighted by Crippen LogP contribution is 2.27. The number of aryl methyl sites for hydroxylation is 1. The second-order valence-electron chi connectivity index (χ2n) is 7.41. The van der Waals surface area contributed by atoms with Gasteiger partial charge in [-0.15, -0.1) is 0 Å². The Morgan fingerprint density at radius 2 is 1.93 bits per heavy atom. The van der Waals surface area contributed by atoms with Crippen LogP contribution in [0.15, 0.2) is 24.3 Å². The molecule has 1 aromatic carbocycles. The van der Waals surface area contributed by atoms with E-state index in [1.165, 1.54) is 0 Å². The van der Waals surface area contributed by atoms with Crippen molar-refractivity contribution in [3.8, 4) is 0 Å². The van der Waals surface area contributed by atoms with Gasteiger partial charge in [-0.3, -0.25) is 0 Å². The Bertz CT molecular complexity index is 866. The van der Waals surface area contributed by atoms with E-state index in [4.69, 9.17) is 21.3 Å². The number of methoxy groups -OCH3 is 1. The first-order chi connectivity index (χ1) is 13.9. The topological polar surface area (TPSA) is 61.8 Å². The Hall–Kier alpha value is -2.38. The fraction of sp³-hybridized carbons (Fsp3) is 0.476. The number of benzene rings is 1. The van der Waals surface area contributed by atoms with Gasteiger partial charge in [-0.25, -0.2) is 14.8 Å². The zero-order chi connectivity index (χ0) is 21.0. The first-order valence-electron chi connectivity index (χ1n) is 9.70. The molecule has 1 saturated heterocycles. The molecule has 2 amide bonds. The van der Waals surface area contributed by atoms with Gasteiger partial charge >= 0.3 is 6.03 Å². The van der Waals surface area contributed by atoms with Crippen LogP contribution in [0, 0.1) is 6.92 Å². The maximum absolute atomic E-state index is 12.3. The van der Waals surface area contributed by atoms with E-state index in [2.05, 4.69) is 16.0 Å². The maximum Gasteiger partial charge on any atom is 0.319 e. The largest absolute Gasteiger partial charge is 0.378 e. The quantitative estimate of drug-likeness (QED) is 0.748. The van der Waals surface area contributed by atoms with Crippen LogP contribution in [-0.4, -0.2) is 73.2 Å². The number of hydrogen-bond donors (Lipinski definition) is 0. The van der Waals surface area contributed by atoms with Gasteiger partial charge in [-0.1, -0.05) is 23.7 Å². The molecule has 1 fully saturated rings. The number of rotatable bonds is 5. The third-order valence-electron chi connectivity index (χ3n) is 4.97. The van der Waals surface area contributed by atoms with Crippen LogP contribution in [0.4, 0.5) is 10.6 Å². The molecule has 0 bridgehead atoms.